The normalized spacial score (nSPS) is 21.4. The number of ether oxygens (including phenoxy) is 3. The van der Waals surface area contributed by atoms with Crippen molar-refractivity contribution in [2.45, 2.75) is 57.2 Å². The van der Waals surface area contributed by atoms with E-state index >= 15 is 0 Å². The van der Waals surface area contributed by atoms with Gasteiger partial charge in [-0.15, -0.1) is 0 Å². The maximum absolute atomic E-state index is 6.63. The molecule has 2 saturated heterocycles. The molecule has 40 heavy (non-hydrogen) atoms. The summed E-state index contributed by atoms with van der Waals surface area (Å²) in [7, 11) is 0. The van der Waals surface area contributed by atoms with Gasteiger partial charge in [0.2, 0.25) is 0 Å². The first-order valence-electron chi connectivity index (χ1n) is 13.9. The van der Waals surface area contributed by atoms with E-state index in [-0.39, 0.29) is 6.10 Å². The van der Waals surface area contributed by atoms with Crippen LogP contribution < -0.4 is 24.8 Å². The lowest BCUT2D eigenvalue weighted by molar-refractivity contribution is 0.132. The van der Waals surface area contributed by atoms with Crippen LogP contribution in [0.3, 0.4) is 0 Å². The van der Waals surface area contributed by atoms with E-state index < -0.39 is 0 Å². The summed E-state index contributed by atoms with van der Waals surface area (Å²) in [5.41, 5.74) is 4.63. The second kappa shape index (κ2) is 9.34. The number of nitrogens with one attached hydrogen (secondary N) is 2. The number of piperidine rings is 1. The third kappa shape index (κ3) is 4.15. The van der Waals surface area contributed by atoms with Crippen molar-refractivity contribution in [1.29, 1.82) is 0 Å². The summed E-state index contributed by atoms with van der Waals surface area (Å²) in [6.07, 6.45) is 10.5. The van der Waals surface area contributed by atoms with Gasteiger partial charge in [0.15, 0.2) is 17.1 Å². The zero-order valence-electron chi connectivity index (χ0n) is 22.1. The van der Waals surface area contributed by atoms with Gasteiger partial charge in [-0.25, -0.2) is 19.5 Å². The summed E-state index contributed by atoms with van der Waals surface area (Å²) in [5.74, 6) is 3.85. The number of rotatable bonds is 6. The molecule has 2 N–H and O–H groups in total. The standard InChI is InChI=1S/C30H29N7O3/c1-17-10-18(4-5-25(17)39-21-6-8-37-27(13-21)31-16-34-37)36-30-24-14-26(40-22-11-19-2-3-20(12-22)35-19)29-23(7-9-38-29)28(24)32-15-33-30/h4-6,8,10,13-16,19-20,22,35H,2-3,7,9,11-12H2,1H3,(H,32,33,36). The molecule has 3 aliphatic rings. The number of hydrogen-bond acceptors (Lipinski definition) is 9. The summed E-state index contributed by atoms with van der Waals surface area (Å²) >= 11 is 0. The number of nitrogens with zero attached hydrogens (tertiary/aromatic N) is 5. The fourth-order valence-corrected chi connectivity index (χ4v) is 6.30. The summed E-state index contributed by atoms with van der Waals surface area (Å²) < 4.78 is 20.5. The molecule has 8 rings (SSSR count). The highest BCUT2D eigenvalue weighted by Gasteiger charge is 2.35. The van der Waals surface area contributed by atoms with Gasteiger partial charge in [-0.05, 0) is 68.5 Å². The fraction of sp³-hybridized carbons (Fsp3) is 0.333. The molecule has 2 bridgehead atoms. The Morgan fingerprint density at radius 3 is 2.77 bits per heavy atom. The van der Waals surface area contributed by atoms with Crippen LogP contribution in [-0.4, -0.2) is 49.4 Å². The van der Waals surface area contributed by atoms with Crippen LogP contribution >= 0.6 is 0 Å². The number of fused-ring (bicyclic) bond motifs is 6. The molecule has 2 fully saturated rings. The number of benzene rings is 2. The van der Waals surface area contributed by atoms with Gasteiger partial charge in [-0.1, -0.05) is 0 Å². The van der Waals surface area contributed by atoms with Crippen LogP contribution in [0.1, 0.15) is 36.8 Å². The molecule has 2 unspecified atom stereocenters. The lowest BCUT2D eigenvalue weighted by Crippen LogP contribution is -2.42. The zero-order valence-corrected chi connectivity index (χ0v) is 22.1. The molecule has 202 valence electrons. The zero-order chi connectivity index (χ0) is 26.6. The molecule has 6 heterocycles. The minimum absolute atomic E-state index is 0.186. The SMILES string of the molecule is Cc1cc(Nc2ncnc3c4c(c(OC5CC6CCC(C5)N6)cc23)OCC4)ccc1Oc1ccn2ncnc2c1. The van der Waals surface area contributed by atoms with Gasteiger partial charge in [0.05, 0.1) is 12.1 Å². The Labute approximate surface area is 230 Å². The molecule has 5 aromatic rings. The highest BCUT2D eigenvalue weighted by molar-refractivity contribution is 5.96. The van der Waals surface area contributed by atoms with E-state index in [0.29, 0.717) is 24.4 Å². The smallest absolute Gasteiger partial charge is 0.166 e. The van der Waals surface area contributed by atoms with E-state index in [0.717, 1.165) is 75.7 Å². The Morgan fingerprint density at radius 1 is 1.00 bits per heavy atom. The molecule has 0 saturated carbocycles. The Bertz CT molecular complexity index is 1740. The first-order chi connectivity index (χ1) is 19.7. The summed E-state index contributed by atoms with van der Waals surface area (Å²) in [4.78, 5) is 13.5. The molecule has 0 spiro atoms. The van der Waals surface area contributed by atoms with E-state index in [9.17, 15) is 0 Å². The van der Waals surface area contributed by atoms with Gasteiger partial charge in [0, 0.05) is 47.4 Å². The monoisotopic (exact) mass is 535 g/mol. The molecule has 0 aliphatic carbocycles. The van der Waals surface area contributed by atoms with Crippen molar-refractivity contribution in [3.63, 3.8) is 0 Å². The van der Waals surface area contributed by atoms with Gasteiger partial charge >= 0.3 is 0 Å². The van der Waals surface area contributed by atoms with Crippen LogP contribution in [-0.2, 0) is 6.42 Å². The minimum Gasteiger partial charge on any atom is -0.489 e. The molecular formula is C30H29N7O3. The fourth-order valence-electron chi connectivity index (χ4n) is 6.30. The molecule has 0 amide bonds. The molecule has 0 radical (unpaired) electrons. The summed E-state index contributed by atoms with van der Waals surface area (Å²) in [6.45, 7) is 2.66. The van der Waals surface area contributed by atoms with Gasteiger partial charge in [-0.2, -0.15) is 5.10 Å². The quantitative estimate of drug-likeness (QED) is 0.307. The Hall–Kier alpha value is -4.44. The molecule has 10 nitrogen and oxygen atoms in total. The van der Waals surface area contributed by atoms with Crippen LogP contribution in [0, 0.1) is 6.92 Å². The van der Waals surface area contributed by atoms with Crippen molar-refractivity contribution in [2.75, 3.05) is 11.9 Å². The number of pyridine rings is 1. The Morgan fingerprint density at radius 2 is 1.90 bits per heavy atom. The predicted octanol–water partition coefficient (Wildman–Crippen LogP) is 5.11. The van der Waals surface area contributed by atoms with Crippen LogP contribution in [0.4, 0.5) is 11.5 Å². The van der Waals surface area contributed by atoms with Crippen LogP contribution in [0.25, 0.3) is 16.6 Å². The summed E-state index contributed by atoms with van der Waals surface area (Å²) in [6, 6.07) is 12.9. The lowest BCUT2D eigenvalue weighted by atomic mass is 10.0. The van der Waals surface area contributed by atoms with Crippen molar-refractivity contribution < 1.29 is 14.2 Å². The average Bonchev–Trinajstić information content (AvgIpc) is 3.71. The van der Waals surface area contributed by atoms with E-state index in [2.05, 4.69) is 42.8 Å². The van der Waals surface area contributed by atoms with E-state index in [1.807, 2.05) is 37.4 Å². The number of hydrogen-bond donors (Lipinski definition) is 2. The molecular weight excluding hydrogens is 506 g/mol. The van der Waals surface area contributed by atoms with E-state index in [1.165, 1.54) is 19.2 Å². The van der Waals surface area contributed by atoms with E-state index in [4.69, 9.17) is 14.2 Å². The maximum atomic E-state index is 6.63. The molecule has 2 aromatic carbocycles. The van der Waals surface area contributed by atoms with Crippen LogP contribution in [0.5, 0.6) is 23.0 Å². The number of aryl methyl sites for hydroxylation is 1. The molecule has 3 aromatic heterocycles. The second-order valence-electron chi connectivity index (χ2n) is 10.9. The Balaban J connectivity index is 1.08. The van der Waals surface area contributed by atoms with Gasteiger partial charge in [-0.3, -0.25) is 0 Å². The average molecular weight is 536 g/mol. The van der Waals surface area contributed by atoms with Gasteiger partial charge in [0.1, 0.15) is 36.1 Å². The van der Waals surface area contributed by atoms with Crippen molar-refractivity contribution in [3.05, 3.63) is 66.4 Å². The predicted molar refractivity (Wildman–Crippen MR) is 150 cm³/mol. The molecule has 3 aliphatic heterocycles. The number of aromatic nitrogens is 5. The third-order valence-corrected chi connectivity index (χ3v) is 8.18. The second-order valence-corrected chi connectivity index (χ2v) is 10.9. The Kier molecular flexibility index (Phi) is 5.47. The maximum Gasteiger partial charge on any atom is 0.166 e. The lowest BCUT2D eigenvalue weighted by Gasteiger charge is -2.30. The van der Waals surface area contributed by atoms with Crippen molar-refractivity contribution in [1.82, 2.24) is 29.9 Å². The van der Waals surface area contributed by atoms with Gasteiger partial charge in [0.25, 0.3) is 0 Å². The van der Waals surface area contributed by atoms with Crippen LogP contribution in [0.15, 0.2) is 55.2 Å². The van der Waals surface area contributed by atoms with E-state index in [1.54, 1.807) is 10.8 Å². The highest BCUT2D eigenvalue weighted by atomic mass is 16.5. The first-order valence-corrected chi connectivity index (χ1v) is 13.9. The van der Waals surface area contributed by atoms with Crippen molar-refractivity contribution in [2.24, 2.45) is 0 Å². The van der Waals surface area contributed by atoms with Crippen LogP contribution in [0.2, 0.25) is 0 Å². The first kappa shape index (κ1) is 23.4. The third-order valence-electron chi connectivity index (χ3n) is 8.18. The highest BCUT2D eigenvalue weighted by Crippen LogP contribution is 2.44. The molecule has 10 heteroatoms. The topological polar surface area (TPSA) is 108 Å². The van der Waals surface area contributed by atoms with Crippen molar-refractivity contribution >= 4 is 28.1 Å². The summed E-state index contributed by atoms with van der Waals surface area (Å²) in [5, 5.41) is 12.3. The minimum atomic E-state index is 0.186. The van der Waals surface area contributed by atoms with Crippen molar-refractivity contribution in [3.8, 4) is 23.0 Å². The number of anilines is 2. The van der Waals surface area contributed by atoms with Gasteiger partial charge < -0.3 is 24.8 Å². The largest absolute Gasteiger partial charge is 0.489 e. The molecule has 2 atom stereocenters.